The minimum absolute atomic E-state index is 0.0437. The number of guanidine groups is 1. The number of aliphatic imine (C=N–C) groups is 1. The van der Waals surface area contributed by atoms with Gasteiger partial charge in [-0.1, -0.05) is 13.8 Å². The molecule has 1 atom stereocenters. The van der Waals surface area contributed by atoms with Crippen LogP contribution in [0.3, 0.4) is 0 Å². The number of aliphatic hydroxyl groups is 1. The van der Waals surface area contributed by atoms with Gasteiger partial charge in [0.25, 0.3) is 0 Å². The molecular weight excluding hydrogens is 332 g/mol. The van der Waals surface area contributed by atoms with Crippen molar-refractivity contribution in [3.63, 3.8) is 0 Å². The van der Waals surface area contributed by atoms with Crippen LogP contribution in [0.5, 0.6) is 0 Å². The molecule has 1 amide bonds. The van der Waals surface area contributed by atoms with Crippen molar-refractivity contribution in [1.82, 2.24) is 15.5 Å². The lowest BCUT2D eigenvalue weighted by Gasteiger charge is -2.34. The van der Waals surface area contributed by atoms with Crippen LogP contribution in [0.2, 0.25) is 0 Å². The maximum Gasteiger partial charge on any atom is 0.225 e. The molecular formula is C19H32N4O3. The zero-order chi connectivity index (χ0) is 19.2. The Morgan fingerprint density at radius 3 is 2.69 bits per heavy atom. The van der Waals surface area contributed by atoms with E-state index in [1.54, 1.807) is 25.3 Å². The van der Waals surface area contributed by atoms with Gasteiger partial charge >= 0.3 is 0 Å². The highest BCUT2D eigenvalue weighted by molar-refractivity contribution is 5.80. The number of nitrogens with zero attached hydrogens (tertiary/aromatic N) is 2. The molecule has 0 saturated carbocycles. The van der Waals surface area contributed by atoms with Crippen LogP contribution in [0.4, 0.5) is 0 Å². The number of amides is 1. The first-order valence-electron chi connectivity index (χ1n) is 9.43. The summed E-state index contributed by atoms with van der Waals surface area (Å²) >= 11 is 0. The Morgan fingerprint density at radius 1 is 1.46 bits per heavy atom. The fourth-order valence-corrected chi connectivity index (χ4v) is 3.02. The molecule has 1 aromatic heterocycles. The zero-order valence-electron chi connectivity index (χ0n) is 16.3. The lowest BCUT2D eigenvalue weighted by Crippen LogP contribution is -2.50. The first-order chi connectivity index (χ1) is 12.3. The Hall–Kier alpha value is -2.02. The van der Waals surface area contributed by atoms with Gasteiger partial charge in [-0.3, -0.25) is 4.79 Å². The molecule has 0 aliphatic carbocycles. The summed E-state index contributed by atoms with van der Waals surface area (Å²) in [5.41, 5.74) is -1.15. The number of carbonyl (C=O) groups is 1. The van der Waals surface area contributed by atoms with Crippen molar-refractivity contribution in [1.29, 1.82) is 0 Å². The molecule has 1 aliphatic rings. The second-order valence-electron chi connectivity index (χ2n) is 7.34. The maximum atomic E-state index is 12.1. The quantitative estimate of drug-likeness (QED) is 0.528. The summed E-state index contributed by atoms with van der Waals surface area (Å²) in [6.45, 7) is 10.0. The van der Waals surface area contributed by atoms with Gasteiger partial charge in [-0.25, -0.2) is 4.99 Å². The van der Waals surface area contributed by atoms with Crippen molar-refractivity contribution < 1.29 is 14.3 Å². The summed E-state index contributed by atoms with van der Waals surface area (Å²) in [5.74, 6) is 1.44. The Labute approximate surface area is 155 Å². The number of nitrogens with one attached hydrogen (secondary N) is 2. The molecule has 2 heterocycles. The van der Waals surface area contributed by atoms with Crippen LogP contribution in [0.25, 0.3) is 0 Å². The summed E-state index contributed by atoms with van der Waals surface area (Å²) < 4.78 is 5.30. The highest BCUT2D eigenvalue weighted by atomic mass is 16.4. The third-order valence-corrected chi connectivity index (χ3v) is 4.58. The van der Waals surface area contributed by atoms with E-state index in [2.05, 4.69) is 15.6 Å². The normalized spacial score (nSPS) is 18.7. The van der Waals surface area contributed by atoms with E-state index in [1.165, 1.54) is 0 Å². The number of furan rings is 1. The standard InChI is InChI=1S/C19H32N4O3/c1-5-20-18(21-13-19(4,25)16-7-6-12-26-16)22-15-8-10-23(11-9-15)17(24)14(2)3/h6-7,12,14-15,25H,5,8-11,13H2,1-4H3,(H2,20,21,22). The fraction of sp³-hybridized carbons (Fsp3) is 0.684. The van der Waals surface area contributed by atoms with Gasteiger partial charge in [0.15, 0.2) is 5.96 Å². The Kier molecular flexibility index (Phi) is 7.08. The summed E-state index contributed by atoms with van der Waals surface area (Å²) in [4.78, 5) is 18.5. The predicted octanol–water partition coefficient (Wildman–Crippen LogP) is 1.69. The molecule has 0 radical (unpaired) electrons. The number of hydrogen-bond acceptors (Lipinski definition) is 4. The van der Waals surface area contributed by atoms with Crippen molar-refractivity contribution in [3.8, 4) is 0 Å². The number of likely N-dealkylation sites (tertiary alicyclic amines) is 1. The predicted molar refractivity (Wildman–Crippen MR) is 102 cm³/mol. The zero-order valence-corrected chi connectivity index (χ0v) is 16.3. The molecule has 1 aliphatic heterocycles. The van der Waals surface area contributed by atoms with E-state index in [9.17, 15) is 9.90 Å². The number of piperidine rings is 1. The Balaban J connectivity index is 1.91. The Morgan fingerprint density at radius 2 is 2.15 bits per heavy atom. The molecule has 1 fully saturated rings. The summed E-state index contributed by atoms with van der Waals surface area (Å²) in [6.07, 6.45) is 3.32. The molecule has 7 heteroatoms. The van der Waals surface area contributed by atoms with Crippen molar-refractivity contribution in [2.24, 2.45) is 10.9 Å². The second-order valence-corrected chi connectivity index (χ2v) is 7.34. The van der Waals surface area contributed by atoms with E-state index in [1.807, 2.05) is 25.7 Å². The SMILES string of the molecule is CCNC(=NCC(C)(O)c1ccco1)NC1CCN(C(=O)C(C)C)CC1. The highest BCUT2D eigenvalue weighted by Crippen LogP contribution is 2.21. The molecule has 146 valence electrons. The van der Waals surface area contributed by atoms with Gasteiger partial charge in [0.2, 0.25) is 5.91 Å². The molecule has 2 rings (SSSR count). The van der Waals surface area contributed by atoms with E-state index in [4.69, 9.17) is 4.42 Å². The van der Waals surface area contributed by atoms with E-state index >= 15 is 0 Å². The van der Waals surface area contributed by atoms with E-state index < -0.39 is 5.60 Å². The van der Waals surface area contributed by atoms with Crippen LogP contribution in [-0.2, 0) is 10.4 Å². The molecule has 1 saturated heterocycles. The lowest BCUT2D eigenvalue weighted by atomic mass is 10.0. The number of hydrogen-bond donors (Lipinski definition) is 3. The first kappa shape index (κ1) is 20.3. The van der Waals surface area contributed by atoms with Gasteiger partial charge in [0.1, 0.15) is 11.4 Å². The van der Waals surface area contributed by atoms with Crippen LogP contribution >= 0.6 is 0 Å². The van der Waals surface area contributed by atoms with Crippen LogP contribution in [0.1, 0.15) is 46.3 Å². The average Bonchev–Trinajstić information content (AvgIpc) is 3.15. The molecule has 26 heavy (non-hydrogen) atoms. The van der Waals surface area contributed by atoms with Crippen LogP contribution < -0.4 is 10.6 Å². The van der Waals surface area contributed by atoms with Gasteiger partial charge in [-0.2, -0.15) is 0 Å². The van der Waals surface area contributed by atoms with Crippen LogP contribution in [0.15, 0.2) is 27.8 Å². The molecule has 7 nitrogen and oxygen atoms in total. The van der Waals surface area contributed by atoms with E-state index in [0.29, 0.717) is 11.7 Å². The van der Waals surface area contributed by atoms with Crippen molar-refractivity contribution >= 4 is 11.9 Å². The van der Waals surface area contributed by atoms with Gasteiger partial charge < -0.3 is 25.1 Å². The van der Waals surface area contributed by atoms with Gasteiger partial charge in [-0.05, 0) is 38.8 Å². The van der Waals surface area contributed by atoms with E-state index in [0.717, 1.165) is 32.5 Å². The minimum atomic E-state index is -1.15. The summed E-state index contributed by atoms with van der Waals surface area (Å²) in [5, 5.41) is 17.2. The maximum absolute atomic E-state index is 12.1. The molecule has 1 aromatic rings. The van der Waals surface area contributed by atoms with Crippen molar-refractivity contribution in [2.75, 3.05) is 26.2 Å². The summed E-state index contributed by atoms with van der Waals surface area (Å²) in [6, 6.07) is 3.76. The topological polar surface area (TPSA) is 90.1 Å². The summed E-state index contributed by atoms with van der Waals surface area (Å²) in [7, 11) is 0. The molecule has 3 N–H and O–H groups in total. The highest BCUT2D eigenvalue weighted by Gasteiger charge is 2.27. The number of rotatable bonds is 6. The van der Waals surface area contributed by atoms with Crippen molar-refractivity contribution in [3.05, 3.63) is 24.2 Å². The van der Waals surface area contributed by atoms with Crippen LogP contribution in [0, 0.1) is 5.92 Å². The van der Waals surface area contributed by atoms with Crippen molar-refractivity contribution in [2.45, 2.75) is 52.2 Å². The third-order valence-electron chi connectivity index (χ3n) is 4.58. The first-order valence-corrected chi connectivity index (χ1v) is 9.43. The fourth-order valence-electron chi connectivity index (χ4n) is 3.02. The molecule has 0 bridgehead atoms. The average molecular weight is 364 g/mol. The van der Waals surface area contributed by atoms with Crippen LogP contribution in [-0.4, -0.2) is 54.1 Å². The minimum Gasteiger partial charge on any atom is -0.466 e. The molecule has 0 spiro atoms. The van der Waals surface area contributed by atoms with E-state index in [-0.39, 0.29) is 24.4 Å². The molecule has 1 unspecified atom stereocenters. The lowest BCUT2D eigenvalue weighted by molar-refractivity contribution is -0.135. The third kappa shape index (κ3) is 5.49. The number of carbonyl (C=O) groups excluding carboxylic acids is 1. The van der Waals surface area contributed by atoms with Gasteiger partial charge in [0.05, 0.1) is 12.8 Å². The second kappa shape index (κ2) is 9.07. The molecule has 0 aromatic carbocycles. The van der Waals surface area contributed by atoms with Gasteiger partial charge in [-0.15, -0.1) is 0 Å². The largest absolute Gasteiger partial charge is 0.466 e. The monoisotopic (exact) mass is 364 g/mol. The van der Waals surface area contributed by atoms with Gasteiger partial charge in [0, 0.05) is 31.6 Å². The Bertz CT molecular complexity index is 588. The smallest absolute Gasteiger partial charge is 0.225 e.